The summed E-state index contributed by atoms with van der Waals surface area (Å²) in [6.07, 6.45) is 1.61. The number of hydrogen-bond acceptors (Lipinski definition) is 1. The molecule has 0 aliphatic heterocycles. The molecule has 2 rings (SSSR count). The zero-order chi connectivity index (χ0) is 10.8. The van der Waals surface area contributed by atoms with E-state index < -0.39 is 0 Å². The summed E-state index contributed by atoms with van der Waals surface area (Å²) in [6, 6.07) is 7.94. The molecule has 4 heteroatoms. The molecule has 0 fully saturated rings. The monoisotopic (exact) mass is 285 g/mol. The molecule has 1 heterocycles. The Bertz CT molecular complexity index is 502. The first-order valence-electron chi connectivity index (χ1n) is 4.24. The minimum absolute atomic E-state index is 0.286. The Kier molecular flexibility index (Phi) is 3.03. The van der Waals surface area contributed by atoms with Gasteiger partial charge in [-0.1, -0.05) is 23.7 Å². The first kappa shape index (κ1) is 10.6. The quantitative estimate of drug-likeness (QED) is 0.712. The number of rotatable bonds is 1. The molecule has 0 radical (unpaired) electrons. The van der Waals surface area contributed by atoms with Gasteiger partial charge in [0.05, 0.1) is 5.02 Å². The molecular formula is C11H6BrClFN. The van der Waals surface area contributed by atoms with Crippen molar-refractivity contribution in [3.63, 3.8) is 0 Å². The second-order valence-corrected chi connectivity index (χ2v) is 4.22. The number of benzene rings is 1. The maximum atomic E-state index is 13.0. The Hall–Kier alpha value is -0.930. The van der Waals surface area contributed by atoms with Gasteiger partial charge in [-0.2, -0.15) is 0 Å². The number of aromatic nitrogens is 1. The van der Waals surface area contributed by atoms with Crippen LogP contribution in [0.25, 0.3) is 11.1 Å². The van der Waals surface area contributed by atoms with Crippen molar-refractivity contribution in [1.29, 1.82) is 0 Å². The maximum absolute atomic E-state index is 13.0. The molecule has 0 atom stereocenters. The van der Waals surface area contributed by atoms with Crippen molar-refractivity contribution in [2.24, 2.45) is 0 Å². The molecule has 0 saturated heterocycles. The molecule has 15 heavy (non-hydrogen) atoms. The van der Waals surface area contributed by atoms with Crippen LogP contribution in [0.4, 0.5) is 4.39 Å². The van der Waals surface area contributed by atoms with Crippen LogP contribution in [0.15, 0.2) is 41.1 Å². The fraction of sp³-hybridized carbons (Fsp3) is 0. The largest absolute Gasteiger partial charge is 0.249 e. The molecule has 0 unspecified atom stereocenters. The molecule has 0 amide bonds. The fourth-order valence-electron chi connectivity index (χ4n) is 1.28. The van der Waals surface area contributed by atoms with Crippen molar-refractivity contribution in [2.75, 3.05) is 0 Å². The number of nitrogens with zero attached hydrogens (tertiary/aromatic N) is 1. The van der Waals surface area contributed by atoms with Crippen molar-refractivity contribution in [2.45, 2.75) is 0 Å². The van der Waals surface area contributed by atoms with Gasteiger partial charge in [0.1, 0.15) is 10.4 Å². The van der Waals surface area contributed by atoms with Gasteiger partial charge in [0.25, 0.3) is 0 Å². The maximum Gasteiger partial charge on any atom is 0.123 e. The Morgan fingerprint density at radius 1 is 1.27 bits per heavy atom. The predicted molar refractivity (Wildman–Crippen MR) is 62.3 cm³/mol. The van der Waals surface area contributed by atoms with E-state index in [4.69, 9.17) is 11.6 Å². The highest BCUT2D eigenvalue weighted by Crippen LogP contribution is 2.29. The zero-order valence-electron chi connectivity index (χ0n) is 7.55. The van der Waals surface area contributed by atoms with Gasteiger partial charge in [-0.15, -0.1) is 0 Å². The van der Waals surface area contributed by atoms with E-state index in [2.05, 4.69) is 20.9 Å². The summed E-state index contributed by atoms with van der Waals surface area (Å²) < 4.78 is 13.7. The van der Waals surface area contributed by atoms with E-state index in [1.165, 1.54) is 12.1 Å². The third-order valence-corrected chi connectivity index (χ3v) is 2.70. The topological polar surface area (TPSA) is 12.9 Å². The van der Waals surface area contributed by atoms with Gasteiger partial charge < -0.3 is 0 Å². The molecule has 0 bridgehead atoms. The van der Waals surface area contributed by atoms with Crippen LogP contribution < -0.4 is 0 Å². The number of hydrogen-bond donors (Lipinski definition) is 0. The standard InChI is InChI=1S/C11H6BrClFN/c12-11-5-10(13)9(6-15-11)7-2-1-3-8(14)4-7/h1-6H. The summed E-state index contributed by atoms with van der Waals surface area (Å²) in [5.41, 5.74) is 1.44. The van der Waals surface area contributed by atoms with E-state index in [1.54, 1.807) is 24.4 Å². The third-order valence-electron chi connectivity index (χ3n) is 1.96. The molecule has 1 nitrogen and oxygen atoms in total. The molecule has 1 aromatic carbocycles. The molecule has 0 aliphatic carbocycles. The average molecular weight is 287 g/mol. The van der Waals surface area contributed by atoms with Crippen LogP contribution in [0, 0.1) is 5.82 Å². The van der Waals surface area contributed by atoms with Crippen molar-refractivity contribution >= 4 is 27.5 Å². The normalized spacial score (nSPS) is 10.3. The van der Waals surface area contributed by atoms with Crippen LogP contribution in [0.3, 0.4) is 0 Å². The van der Waals surface area contributed by atoms with Gasteiger partial charge >= 0.3 is 0 Å². The van der Waals surface area contributed by atoms with E-state index in [9.17, 15) is 4.39 Å². The van der Waals surface area contributed by atoms with Gasteiger partial charge in [-0.25, -0.2) is 9.37 Å². The first-order valence-corrected chi connectivity index (χ1v) is 5.41. The zero-order valence-corrected chi connectivity index (χ0v) is 9.89. The number of pyridine rings is 1. The summed E-state index contributed by atoms with van der Waals surface area (Å²) in [5.74, 6) is -0.286. The van der Waals surface area contributed by atoms with E-state index in [-0.39, 0.29) is 5.82 Å². The highest BCUT2D eigenvalue weighted by molar-refractivity contribution is 9.10. The second-order valence-electron chi connectivity index (χ2n) is 3.00. The van der Waals surface area contributed by atoms with Crippen LogP contribution in [0.5, 0.6) is 0 Å². The van der Waals surface area contributed by atoms with Gasteiger partial charge in [-0.05, 0) is 39.7 Å². The molecule has 0 aliphatic rings. The van der Waals surface area contributed by atoms with Crippen molar-refractivity contribution < 1.29 is 4.39 Å². The van der Waals surface area contributed by atoms with E-state index in [1.807, 2.05) is 0 Å². The van der Waals surface area contributed by atoms with Crippen LogP contribution in [0.1, 0.15) is 0 Å². The Balaban J connectivity index is 2.54. The van der Waals surface area contributed by atoms with Gasteiger partial charge in [0, 0.05) is 11.8 Å². The van der Waals surface area contributed by atoms with Gasteiger partial charge in [0.15, 0.2) is 0 Å². The van der Waals surface area contributed by atoms with Crippen LogP contribution in [0.2, 0.25) is 5.02 Å². The highest BCUT2D eigenvalue weighted by atomic mass is 79.9. The van der Waals surface area contributed by atoms with Gasteiger partial charge in [0.2, 0.25) is 0 Å². The molecule has 2 aromatic rings. The van der Waals surface area contributed by atoms with Crippen molar-refractivity contribution in [3.05, 3.63) is 52.0 Å². The molecule has 0 spiro atoms. The smallest absolute Gasteiger partial charge is 0.123 e. The van der Waals surface area contributed by atoms with E-state index in [0.717, 1.165) is 11.1 Å². The van der Waals surface area contributed by atoms with E-state index >= 15 is 0 Å². The molecular weight excluding hydrogens is 280 g/mol. The highest BCUT2D eigenvalue weighted by Gasteiger charge is 2.05. The van der Waals surface area contributed by atoms with Crippen LogP contribution >= 0.6 is 27.5 Å². The predicted octanol–water partition coefficient (Wildman–Crippen LogP) is 4.30. The summed E-state index contributed by atoms with van der Waals surface area (Å²) in [4.78, 5) is 4.06. The SMILES string of the molecule is Fc1cccc(-c2cnc(Br)cc2Cl)c1. The van der Waals surface area contributed by atoms with E-state index in [0.29, 0.717) is 9.63 Å². The molecule has 0 saturated carbocycles. The first-order chi connectivity index (χ1) is 7.16. The summed E-state index contributed by atoms with van der Waals surface area (Å²) in [7, 11) is 0. The lowest BCUT2D eigenvalue weighted by molar-refractivity contribution is 0.628. The number of halogens is 3. The van der Waals surface area contributed by atoms with Crippen molar-refractivity contribution in [1.82, 2.24) is 4.98 Å². The Morgan fingerprint density at radius 3 is 2.73 bits per heavy atom. The Morgan fingerprint density at radius 2 is 2.07 bits per heavy atom. The Labute approximate surface area is 100 Å². The van der Waals surface area contributed by atoms with Gasteiger partial charge in [-0.3, -0.25) is 0 Å². The average Bonchev–Trinajstić information content (AvgIpc) is 2.17. The minimum Gasteiger partial charge on any atom is -0.249 e. The lowest BCUT2D eigenvalue weighted by Gasteiger charge is -2.04. The van der Waals surface area contributed by atoms with Crippen LogP contribution in [-0.4, -0.2) is 4.98 Å². The summed E-state index contributed by atoms with van der Waals surface area (Å²) >= 11 is 9.24. The molecule has 0 N–H and O–H groups in total. The summed E-state index contributed by atoms with van der Waals surface area (Å²) in [6.45, 7) is 0. The third kappa shape index (κ3) is 2.36. The lowest BCUT2D eigenvalue weighted by Crippen LogP contribution is -1.84. The molecule has 1 aromatic heterocycles. The lowest BCUT2D eigenvalue weighted by atomic mass is 10.1. The van der Waals surface area contributed by atoms with Crippen molar-refractivity contribution in [3.8, 4) is 11.1 Å². The minimum atomic E-state index is -0.286. The second kappa shape index (κ2) is 4.29. The summed E-state index contributed by atoms with van der Waals surface area (Å²) in [5, 5.41) is 0.544. The fourth-order valence-corrected chi connectivity index (χ4v) is 2.00. The molecule has 76 valence electrons. The van der Waals surface area contributed by atoms with Crippen LogP contribution in [-0.2, 0) is 0 Å².